The summed E-state index contributed by atoms with van der Waals surface area (Å²) in [6, 6.07) is 6.94. The van der Waals surface area contributed by atoms with Gasteiger partial charge >= 0.3 is 5.97 Å². The number of halogens is 1. The molecule has 0 N–H and O–H groups in total. The highest BCUT2D eigenvalue weighted by Gasteiger charge is 2.17. The van der Waals surface area contributed by atoms with Crippen molar-refractivity contribution in [1.29, 1.82) is 0 Å². The Bertz CT molecular complexity index is 478. The molecule has 3 nitrogen and oxygen atoms in total. The second-order valence-electron chi connectivity index (χ2n) is 3.61. The van der Waals surface area contributed by atoms with Gasteiger partial charge in [0, 0.05) is 11.4 Å². The normalized spacial score (nSPS) is 11.2. The number of hydrogen-bond donors (Lipinski definition) is 0. The van der Waals surface area contributed by atoms with Crippen molar-refractivity contribution in [3.05, 3.63) is 40.4 Å². The minimum Gasteiger partial charge on any atom is -0.462 e. The summed E-state index contributed by atoms with van der Waals surface area (Å²) in [6.07, 6.45) is 1.76. The Kier molecular flexibility index (Phi) is 5.59. The van der Waals surface area contributed by atoms with E-state index >= 15 is 0 Å². The third-order valence-corrected chi connectivity index (χ3v) is 2.51. The third kappa shape index (κ3) is 4.00. The molecule has 0 aromatic heterocycles. The first-order valence-corrected chi connectivity index (χ1v) is 6.13. The highest BCUT2D eigenvalue weighted by molar-refractivity contribution is 6.30. The van der Waals surface area contributed by atoms with Gasteiger partial charge in [-0.2, -0.15) is 0 Å². The standard InChI is InChI=1S/C14H15ClO3/c1-3-13(16)12(14(17)18-4-2)9-10-6-5-7-11(15)8-10/h5-9H,3-4H2,1-2H3/b12-9+. The van der Waals surface area contributed by atoms with E-state index in [9.17, 15) is 9.59 Å². The van der Waals surface area contributed by atoms with E-state index in [4.69, 9.17) is 16.3 Å². The molecular formula is C14H15ClO3. The molecule has 0 spiro atoms. The number of esters is 1. The molecule has 0 fully saturated rings. The van der Waals surface area contributed by atoms with Gasteiger partial charge in [-0.3, -0.25) is 4.79 Å². The van der Waals surface area contributed by atoms with E-state index in [2.05, 4.69) is 0 Å². The van der Waals surface area contributed by atoms with Gasteiger partial charge in [-0.15, -0.1) is 0 Å². The maximum absolute atomic E-state index is 11.7. The van der Waals surface area contributed by atoms with Crippen LogP contribution in [0.2, 0.25) is 5.02 Å². The number of rotatable bonds is 5. The lowest BCUT2D eigenvalue weighted by atomic mass is 10.1. The van der Waals surface area contributed by atoms with Crippen LogP contribution < -0.4 is 0 Å². The second-order valence-corrected chi connectivity index (χ2v) is 4.05. The fourth-order valence-electron chi connectivity index (χ4n) is 1.42. The average Bonchev–Trinajstić information content (AvgIpc) is 2.35. The molecule has 0 aliphatic carbocycles. The highest BCUT2D eigenvalue weighted by atomic mass is 35.5. The number of ketones is 1. The molecule has 0 bridgehead atoms. The fraction of sp³-hybridized carbons (Fsp3) is 0.286. The van der Waals surface area contributed by atoms with Gasteiger partial charge in [-0.1, -0.05) is 30.7 Å². The summed E-state index contributed by atoms with van der Waals surface area (Å²) in [5.41, 5.74) is 0.758. The van der Waals surface area contributed by atoms with Crippen molar-refractivity contribution in [3.8, 4) is 0 Å². The van der Waals surface area contributed by atoms with Crippen LogP contribution in [0.1, 0.15) is 25.8 Å². The summed E-state index contributed by atoms with van der Waals surface area (Å²) in [7, 11) is 0. The van der Waals surface area contributed by atoms with E-state index < -0.39 is 5.97 Å². The molecular weight excluding hydrogens is 252 g/mol. The van der Waals surface area contributed by atoms with Crippen molar-refractivity contribution in [2.45, 2.75) is 20.3 Å². The topological polar surface area (TPSA) is 43.4 Å². The minimum atomic E-state index is -0.593. The number of hydrogen-bond acceptors (Lipinski definition) is 3. The van der Waals surface area contributed by atoms with Crippen LogP contribution in [0.5, 0.6) is 0 Å². The molecule has 0 unspecified atom stereocenters. The SMILES string of the molecule is CCOC(=O)/C(=C/c1cccc(Cl)c1)C(=O)CC. The van der Waals surface area contributed by atoms with Gasteiger partial charge in [-0.25, -0.2) is 4.79 Å². The van der Waals surface area contributed by atoms with Crippen LogP contribution in [0.25, 0.3) is 6.08 Å². The molecule has 0 aliphatic heterocycles. The van der Waals surface area contributed by atoms with Crippen LogP contribution in [-0.2, 0) is 14.3 Å². The van der Waals surface area contributed by atoms with Gasteiger partial charge in [0.2, 0.25) is 0 Å². The van der Waals surface area contributed by atoms with Crippen molar-refractivity contribution in [2.75, 3.05) is 6.61 Å². The summed E-state index contributed by atoms with van der Waals surface area (Å²) in [4.78, 5) is 23.4. The molecule has 0 aliphatic rings. The van der Waals surface area contributed by atoms with Crippen molar-refractivity contribution < 1.29 is 14.3 Å². The van der Waals surface area contributed by atoms with Gasteiger partial charge in [-0.05, 0) is 30.7 Å². The summed E-state index contributed by atoms with van der Waals surface area (Å²) in [5.74, 6) is -0.835. The fourth-order valence-corrected chi connectivity index (χ4v) is 1.61. The molecule has 0 atom stereocenters. The number of carbonyl (C=O) groups is 2. The molecule has 4 heteroatoms. The van der Waals surface area contributed by atoms with E-state index in [1.54, 1.807) is 38.1 Å². The first kappa shape index (κ1) is 14.5. The zero-order valence-electron chi connectivity index (χ0n) is 10.4. The predicted octanol–water partition coefficient (Wildman–Crippen LogP) is 3.27. The van der Waals surface area contributed by atoms with Crippen LogP contribution in [0.4, 0.5) is 0 Å². The molecule has 0 radical (unpaired) electrons. The maximum atomic E-state index is 11.7. The molecule has 1 aromatic rings. The second kappa shape index (κ2) is 6.97. The average molecular weight is 267 g/mol. The quantitative estimate of drug-likeness (QED) is 0.356. The third-order valence-electron chi connectivity index (χ3n) is 2.28. The Labute approximate surface area is 111 Å². The predicted molar refractivity (Wildman–Crippen MR) is 71.4 cm³/mol. The largest absolute Gasteiger partial charge is 0.462 e. The van der Waals surface area contributed by atoms with Crippen LogP contribution in [0.15, 0.2) is 29.8 Å². The Morgan fingerprint density at radius 1 is 1.33 bits per heavy atom. The zero-order valence-corrected chi connectivity index (χ0v) is 11.2. The van der Waals surface area contributed by atoms with Gasteiger partial charge in [0.25, 0.3) is 0 Å². The lowest BCUT2D eigenvalue weighted by Gasteiger charge is -2.05. The lowest BCUT2D eigenvalue weighted by molar-refractivity contribution is -0.139. The Hall–Kier alpha value is -1.61. The monoisotopic (exact) mass is 266 g/mol. The molecule has 0 amide bonds. The first-order chi connectivity index (χ1) is 8.58. The molecule has 0 saturated carbocycles. The molecule has 0 saturated heterocycles. The lowest BCUT2D eigenvalue weighted by Crippen LogP contribution is -2.15. The first-order valence-electron chi connectivity index (χ1n) is 5.76. The van der Waals surface area contributed by atoms with Crippen LogP contribution in [0, 0.1) is 0 Å². The van der Waals surface area contributed by atoms with Gasteiger partial charge in [0.15, 0.2) is 5.78 Å². The van der Waals surface area contributed by atoms with Gasteiger partial charge < -0.3 is 4.74 Å². The van der Waals surface area contributed by atoms with E-state index in [1.807, 2.05) is 0 Å². The summed E-state index contributed by atoms with van der Waals surface area (Å²) < 4.78 is 4.87. The van der Waals surface area contributed by atoms with Gasteiger partial charge in [0.1, 0.15) is 5.57 Å². The van der Waals surface area contributed by atoms with Crippen molar-refractivity contribution in [1.82, 2.24) is 0 Å². The number of ether oxygens (including phenoxy) is 1. The molecule has 1 rings (SSSR count). The van der Waals surface area contributed by atoms with Crippen LogP contribution in [-0.4, -0.2) is 18.4 Å². The van der Waals surface area contributed by atoms with Crippen molar-refractivity contribution >= 4 is 29.4 Å². The molecule has 1 aromatic carbocycles. The molecule has 18 heavy (non-hydrogen) atoms. The number of carbonyl (C=O) groups excluding carboxylic acids is 2. The summed E-state index contributed by atoms with van der Waals surface area (Å²) in [5, 5.41) is 0.552. The van der Waals surface area contributed by atoms with Gasteiger partial charge in [0.05, 0.1) is 6.61 Å². The van der Waals surface area contributed by atoms with Crippen molar-refractivity contribution in [2.24, 2.45) is 0 Å². The summed E-state index contributed by atoms with van der Waals surface area (Å²) >= 11 is 5.85. The molecule has 96 valence electrons. The Balaban J connectivity index is 3.10. The maximum Gasteiger partial charge on any atom is 0.341 e. The Morgan fingerprint density at radius 2 is 2.06 bits per heavy atom. The number of Topliss-reactive ketones (excluding diaryl/α,β-unsaturated/α-hetero) is 1. The van der Waals surface area contributed by atoms with E-state index in [1.165, 1.54) is 6.08 Å². The Morgan fingerprint density at radius 3 is 2.61 bits per heavy atom. The van der Waals surface area contributed by atoms with E-state index in [-0.39, 0.29) is 24.4 Å². The smallest absolute Gasteiger partial charge is 0.341 e. The minimum absolute atomic E-state index is 0.0571. The van der Waals surface area contributed by atoms with E-state index in [0.717, 1.165) is 0 Å². The molecule has 0 heterocycles. The van der Waals surface area contributed by atoms with E-state index in [0.29, 0.717) is 10.6 Å². The highest BCUT2D eigenvalue weighted by Crippen LogP contribution is 2.15. The summed E-state index contributed by atoms with van der Waals surface area (Å²) in [6.45, 7) is 3.64. The van der Waals surface area contributed by atoms with Crippen LogP contribution in [0.3, 0.4) is 0 Å². The number of benzene rings is 1. The van der Waals surface area contributed by atoms with Crippen molar-refractivity contribution in [3.63, 3.8) is 0 Å². The van der Waals surface area contributed by atoms with Crippen LogP contribution >= 0.6 is 11.6 Å². The zero-order chi connectivity index (χ0) is 13.5.